The van der Waals surface area contributed by atoms with E-state index in [1.165, 1.54) is 4.90 Å². The lowest BCUT2D eigenvalue weighted by molar-refractivity contribution is -0.119. The van der Waals surface area contributed by atoms with Crippen molar-refractivity contribution in [3.8, 4) is 0 Å². The third-order valence-corrected chi connectivity index (χ3v) is 2.04. The van der Waals surface area contributed by atoms with E-state index in [-0.39, 0.29) is 18.2 Å². The molecule has 1 heterocycles. The average molecular weight is 199 g/mol. The smallest absolute Gasteiger partial charge is 0.410 e. The predicted octanol–water partition coefficient (Wildman–Crippen LogP) is 1.44. The summed E-state index contributed by atoms with van der Waals surface area (Å²) >= 11 is 0. The van der Waals surface area contributed by atoms with Gasteiger partial charge in [0.05, 0.1) is 6.54 Å². The molecule has 4 nitrogen and oxygen atoms in total. The molecule has 14 heavy (non-hydrogen) atoms. The molecule has 4 heteroatoms. The number of likely N-dealkylation sites (tertiary alicyclic amines) is 1. The quantitative estimate of drug-likeness (QED) is 0.593. The van der Waals surface area contributed by atoms with Gasteiger partial charge in [-0.1, -0.05) is 6.92 Å². The highest BCUT2D eigenvalue weighted by atomic mass is 16.6. The van der Waals surface area contributed by atoms with E-state index in [9.17, 15) is 9.59 Å². The molecule has 0 bridgehead atoms. The van der Waals surface area contributed by atoms with Crippen molar-refractivity contribution < 1.29 is 14.3 Å². The van der Waals surface area contributed by atoms with Gasteiger partial charge in [-0.3, -0.25) is 4.79 Å². The minimum absolute atomic E-state index is 0.0532. The lowest BCUT2D eigenvalue weighted by atomic mass is 10.1. The van der Waals surface area contributed by atoms with Crippen molar-refractivity contribution in [3.05, 3.63) is 0 Å². The van der Waals surface area contributed by atoms with Crippen LogP contribution in [0.25, 0.3) is 0 Å². The van der Waals surface area contributed by atoms with Gasteiger partial charge in [-0.2, -0.15) is 0 Å². The van der Waals surface area contributed by atoms with E-state index in [0.717, 1.165) is 0 Å². The summed E-state index contributed by atoms with van der Waals surface area (Å²) in [6.07, 6.45) is -0.393. The third kappa shape index (κ3) is 2.72. The Morgan fingerprint density at radius 1 is 1.50 bits per heavy atom. The maximum absolute atomic E-state index is 11.5. The van der Waals surface area contributed by atoms with Crippen molar-refractivity contribution in [1.29, 1.82) is 0 Å². The molecular weight excluding hydrogens is 182 g/mol. The van der Waals surface area contributed by atoms with Crippen LogP contribution in [-0.2, 0) is 9.53 Å². The molecule has 0 unspecified atom stereocenters. The van der Waals surface area contributed by atoms with Crippen LogP contribution in [-0.4, -0.2) is 35.5 Å². The molecule has 0 aliphatic carbocycles. The second kappa shape index (κ2) is 3.59. The summed E-state index contributed by atoms with van der Waals surface area (Å²) in [5.74, 6) is 0.0541. The van der Waals surface area contributed by atoms with Crippen LogP contribution < -0.4 is 0 Å². The van der Waals surface area contributed by atoms with Crippen LogP contribution in [0.5, 0.6) is 0 Å². The molecule has 0 N–H and O–H groups in total. The molecule has 0 aromatic carbocycles. The molecule has 1 aliphatic heterocycles. The van der Waals surface area contributed by atoms with Gasteiger partial charge in [0.15, 0.2) is 5.78 Å². The Hall–Kier alpha value is -1.06. The second-order valence-electron chi connectivity index (χ2n) is 4.73. The number of rotatable bonds is 0. The molecule has 1 atom stereocenters. The number of amides is 1. The van der Waals surface area contributed by atoms with Crippen LogP contribution in [0.1, 0.15) is 27.7 Å². The number of ketones is 1. The molecule has 0 saturated carbocycles. The van der Waals surface area contributed by atoms with E-state index in [4.69, 9.17) is 4.74 Å². The van der Waals surface area contributed by atoms with E-state index < -0.39 is 11.7 Å². The fraction of sp³-hybridized carbons (Fsp3) is 0.800. The van der Waals surface area contributed by atoms with E-state index >= 15 is 0 Å². The SMILES string of the molecule is C[C@H]1CN(C(=O)OC(C)(C)C)CC1=O. The molecular formula is C10H17NO3. The van der Waals surface area contributed by atoms with Gasteiger partial charge in [0.2, 0.25) is 0 Å². The molecule has 1 rings (SSSR count). The Morgan fingerprint density at radius 3 is 2.43 bits per heavy atom. The average Bonchev–Trinajstić information content (AvgIpc) is 2.28. The largest absolute Gasteiger partial charge is 0.444 e. The highest BCUT2D eigenvalue weighted by Crippen LogP contribution is 2.16. The zero-order valence-electron chi connectivity index (χ0n) is 9.16. The molecule has 0 spiro atoms. The van der Waals surface area contributed by atoms with Gasteiger partial charge in [-0.05, 0) is 20.8 Å². The van der Waals surface area contributed by atoms with Gasteiger partial charge in [0.25, 0.3) is 0 Å². The topological polar surface area (TPSA) is 46.6 Å². The number of hydrogen-bond acceptors (Lipinski definition) is 3. The first-order chi connectivity index (χ1) is 6.29. The third-order valence-electron chi connectivity index (χ3n) is 2.04. The molecule has 80 valence electrons. The van der Waals surface area contributed by atoms with Gasteiger partial charge >= 0.3 is 6.09 Å². The number of nitrogens with zero attached hydrogens (tertiary/aromatic N) is 1. The van der Waals surface area contributed by atoms with Crippen molar-refractivity contribution in [2.75, 3.05) is 13.1 Å². The molecule has 0 radical (unpaired) electrons. The van der Waals surface area contributed by atoms with E-state index in [1.807, 2.05) is 27.7 Å². The van der Waals surface area contributed by atoms with Crippen LogP contribution in [0.3, 0.4) is 0 Å². The van der Waals surface area contributed by atoms with Gasteiger partial charge in [0, 0.05) is 12.5 Å². The maximum atomic E-state index is 11.5. The zero-order chi connectivity index (χ0) is 10.9. The summed E-state index contributed by atoms with van der Waals surface area (Å²) in [6, 6.07) is 0. The van der Waals surface area contributed by atoms with Crippen molar-refractivity contribution in [2.24, 2.45) is 5.92 Å². The first-order valence-corrected chi connectivity index (χ1v) is 4.80. The summed E-state index contributed by atoms with van der Waals surface area (Å²) in [7, 11) is 0. The minimum atomic E-state index is -0.494. The number of ether oxygens (including phenoxy) is 1. The van der Waals surface area contributed by atoms with Gasteiger partial charge in [0.1, 0.15) is 5.60 Å². The second-order valence-corrected chi connectivity index (χ2v) is 4.73. The summed E-state index contributed by atoms with van der Waals surface area (Å²) < 4.78 is 5.15. The standard InChI is InChI=1S/C10H17NO3/c1-7-5-11(6-8(7)12)9(13)14-10(2,3)4/h7H,5-6H2,1-4H3/t7-/m0/s1. The summed E-state index contributed by atoms with van der Waals surface area (Å²) in [5.41, 5.74) is -0.494. The highest BCUT2D eigenvalue weighted by molar-refractivity contribution is 5.89. The summed E-state index contributed by atoms with van der Waals surface area (Å²) in [4.78, 5) is 24.2. The fourth-order valence-electron chi connectivity index (χ4n) is 1.31. The first-order valence-electron chi connectivity index (χ1n) is 4.80. The number of carbonyl (C=O) groups is 2. The Balaban J connectivity index is 2.52. The van der Waals surface area contributed by atoms with Crippen LogP contribution in [0.15, 0.2) is 0 Å². The molecule has 0 aromatic heterocycles. The fourth-order valence-corrected chi connectivity index (χ4v) is 1.31. The number of Topliss-reactive ketones (excluding diaryl/α,β-unsaturated/α-hetero) is 1. The van der Waals surface area contributed by atoms with Crippen molar-refractivity contribution in [3.63, 3.8) is 0 Å². The molecule has 1 amide bonds. The Morgan fingerprint density at radius 2 is 2.07 bits per heavy atom. The lowest BCUT2D eigenvalue weighted by Gasteiger charge is -2.23. The van der Waals surface area contributed by atoms with E-state index in [1.54, 1.807) is 0 Å². The van der Waals surface area contributed by atoms with Gasteiger partial charge < -0.3 is 9.64 Å². The number of carbonyl (C=O) groups excluding carboxylic acids is 2. The van der Waals surface area contributed by atoms with Gasteiger partial charge in [-0.25, -0.2) is 4.79 Å². The maximum Gasteiger partial charge on any atom is 0.410 e. The minimum Gasteiger partial charge on any atom is -0.444 e. The Kier molecular flexibility index (Phi) is 2.83. The van der Waals surface area contributed by atoms with Crippen molar-refractivity contribution in [1.82, 2.24) is 4.90 Å². The Labute approximate surface area is 84.2 Å². The van der Waals surface area contributed by atoms with Crippen LogP contribution in [0.4, 0.5) is 4.79 Å². The van der Waals surface area contributed by atoms with Crippen LogP contribution >= 0.6 is 0 Å². The first kappa shape index (κ1) is 11.0. The van der Waals surface area contributed by atoms with Crippen LogP contribution in [0, 0.1) is 5.92 Å². The molecule has 0 aromatic rings. The van der Waals surface area contributed by atoms with Crippen molar-refractivity contribution in [2.45, 2.75) is 33.3 Å². The number of hydrogen-bond donors (Lipinski definition) is 0. The molecule has 1 fully saturated rings. The zero-order valence-corrected chi connectivity index (χ0v) is 9.16. The Bertz CT molecular complexity index is 255. The van der Waals surface area contributed by atoms with E-state index in [2.05, 4.69) is 0 Å². The predicted molar refractivity (Wildman–Crippen MR) is 52.0 cm³/mol. The lowest BCUT2D eigenvalue weighted by Crippen LogP contribution is -2.35. The van der Waals surface area contributed by atoms with Crippen molar-refractivity contribution >= 4 is 11.9 Å². The van der Waals surface area contributed by atoms with Gasteiger partial charge in [-0.15, -0.1) is 0 Å². The molecule has 1 aliphatic rings. The summed E-state index contributed by atoms with van der Waals surface area (Å²) in [5, 5.41) is 0. The summed E-state index contributed by atoms with van der Waals surface area (Å²) in [6.45, 7) is 7.93. The normalized spacial score (nSPS) is 22.7. The van der Waals surface area contributed by atoms with E-state index in [0.29, 0.717) is 6.54 Å². The highest BCUT2D eigenvalue weighted by Gasteiger charge is 2.32. The monoisotopic (exact) mass is 199 g/mol. The van der Waals surface area contributed by atoms with Crippen LogP contribution in [0.2, 0.25) is 0 Å². The molecule has 1 saturated heterocycles.